The summed E-state index contributed by atoms with van der Waals surface area (Å²) in [5.74, 6) is 0. The number of urea groups is 1. The number of amides is 2. The average Bonchev–Trinajstić information content (AvgIpc) is 2.69. The van der Waals surface area contributed by atoms with E-state index in [0.29, 0.717) is 24.3 Å². The molecule has 2 aromatic carbocycles. The van der Waals surface area contributed by atoms with Gasteiger partial charge in [-0.15, -0.1) is 0 Å². The van der Waals surface area contributed by atoms with E-state index in [-0.39, 0.29) is 6.03 Å². The Labute approximate surface area is 154 Å². The highest BCUT2D eigenvalue weighted by atomic mass is 16.2. The van der Waals surface area contributed by atoms with Crippen LogP contribution in [0.25, 0.3) is 0 Å². The molecule has 0 unspecified atom stereocenters. The standard InChI is InChI=1S/C20H23N5O/c1-23(2)18-7-9-19(10-8-18)24-11-13-25(14-12-24)20(26)22-17-5-3-16(15-21)4-6-17/h3-10H,11-14H2,1-2H3,(H,22,26). The number of nitrogens with one attached hydrogen (secondary N) is 1. The Kier molecular flexibility index (Phi) is 5.28. The first-order valence-corrected chi connectivity index (χ1v) is 8.65. The van der Waals surface area contributed by atoms with Crippen molar-refractivity contribution in [1.82, 2.24) is 4.90 Å². The van der Waals surface area contributed by atoms with Crippen molar-refractivity contribution in [2.45, 2.75) is 0 Å². The second-order valence-electron chi connectivity index (χ2n) is 6.50. The maximum Gasteiger partial charge on any atom is 0.321 e. The summed E-state index contributed by atoms with van der Waals surface area (Å²) in [6.45, 7) is 2.97. The number of benzene rings is 2. The molecule has 6 nitrogen and oxygen atoms in total. The van der Waals surface area contributed by atoms with Gasteiger partial charge in [-0.3, -0.25) is 0 Å². The molecule has 0 radical (unpaired) electrons. The number of anilines is 3. The highest BCUT2D eigenvalue weighted by Gasteiger charge is 2.21. The van der Waals surface area contributed by atoms with Crippen molar-refractivity contribution in [3.05, 3.63) is 54.1 Å². The summed E-state index contributed by atoms with van der Waals surface area (Å²) in [5.41, 5.74) is 3.64. The Morgan fingerprint density at radius 1 is 1.00 bits per heavy atom. The molecule has 1 fully saturated rings. The summed E-state index contributed by atoms with van der Waals surface area (Å²) >= 11 is 0. The van der Waals surface area contributed by atoms with Crippen molar-refractivity contribution in [3.63, 3.8) is 0 Å². The molecule has 6 heteroatoms. The van der Waals surface area contributed by atoms with Crippen LogP contribution in [-0.2, 0) is 0 Å². The van der Waals surface area contributed by atoms with Crippen LogP contribution >= 0.6 is 0 Å². The fourth-order valence-corrected chi connectivity index (χ4v) is 2.96. The van der Waals surface area contributed by atoms with Crippen LogP contribution in [0, 0.1) is 11.3 Å². The van der Waals surface area contributed by atoms with E-state index in [9.17, 15) is 4.79 Å². The van der Waals surface area contributed by atoms with Gasteiger partial charge in [0.25, 0.3) is 0 Å². The van der Waals surface area contributed by atoms with Gasteiger partial charge < -0.3 is 20.0 Å². The fourth-order valence-electron chi connectivity index (χ4n) is 2.96. The SMILES string of the molecule is CN(C)c1ccc(N2CCN(C(=O)Nc3ccc(C#N)cc3)CC2)cc1. The number of hydrogen-bond acceptors (Lipinski definition) is 4. The molecule has 0 spiro atoms. The molecule has 3 rings (SSSR count). The Morgan fingerprint density at radius 2 is 1.62 bits per heavy atom. The topological polar surface area (TPSA) is 62.6 Å². The number of piperazine rings is 1. The van der Waals surface area contributed by atoms with Gasteiger partial charge in [0.05, 0.1) is 11.6 Å². The van der Waals surface area contributed by atoms with Gasteiger partial charge in [0.1, 0.15) is 0 Å². The van der Waals surface area contributed by atoms with Crippen molar-refractivity contribution in [2.75, 3.05) is 55.4 Å². The Morgan fingerprint density at radius 3 is 2.15 bits per heavy atom. The van der Waals surface area contributed by atoms with Gasteiger partial charge in [-0.1, -0.05) is 0 Å². The van der Waals surface area contributed by atoms with Crippen LogP contribution in [0.1, 0.15) is 5.56 Å². The molecule has 1 aliphatic rings. The first kappa shape index (κ1) is 17.6. The number of nitriles is 1. The van der Waals surface area contributed by atoms with E-state index in [1.807, 2.05) is 19.0 Å². The molecule has 1 saturated heterocycles. The molecule has 2 amide bonds. The number of hydrogen-bond donors (Lipinski definition) is 1. The molecule has 0 aliphatic carbocycles. The summed E-state index contributed by atoms with van der Waals surface area (Å²) in [6, 6.07) is 17.3. The third-order valence-corrected chi connectivity index (χ3v) is 4.56. The van der Waals surface area contributed by atoms with Crippen LogP contribution in [0.5, 0.6) is 0 Å². The molecule has 134 valence electrons. The van der Waals surface area contributed by atoms with Crippen molar-refractivity contribution >= 4 is 23.1 Å². The van der Waals surface area contributed by atoms with Crippen molar-refractivity contribution in [1.29, 1.82) is 5.26 Å². The van der Waals surface area contributed by atoms with Crippen molar-refractivity contribution in [2.24, 2.45) is 0 Å². The van der Waals surface area contributed by atoms with Crippen LogP contribution in [0.2, 0.25) is 0 Å². The van der Waals surface area contributed by atoms with Gasteiger partial charge in [-0.2, -0.15) is 5.26 Å². The molecule has 0 aromatic heterocycles. The summed E-state index contributed by atoms with van der Waals surface area (Å²) in [5, 5.41) is 11.7. The highest BCUT2D eigenvalue weighted by molar-refractivity contribution is 5.89. The van der Waals surface area contributed by atoms with Crippen LogP contribution in [0.15, 0.2) is 48.5 Å². The first-order valence-electron chi connectivity index (χ1n) is 8.65. The Bertz CT molecular complexity index is 784. The minimum Gasteiger partial charge on any atom is -0.378 e. The Balaban J connectivity index is 1.54. The third kappa shape index (κ3) is 4.06. The third-order valence-electron chi connectivity index (χ3n) is 4.56. The zero-order chi connectivity index (χ0) is 18.5. The zero-order valence-corrected chi connectivity index (χ0v) is 15.1. The van der Waals surface area contributed by atoms with E-state index in [2.05, 4.69) is 45.5 Å². The lowest BCUT2D eigenvalue weighted by atomic mass is 10.2. The molecule has 2 aromatic rings. The number of rotatable bonds is 3. The smallest absolute Gasteiger partial charge is 0.321 e. The van der Waals surface area contributed by atoms with E-state index in [1.165, 1.54) is 11.4 Å². The minimum atomic E-state index is -0.0997. The second-order valence-corrected chi connectivity index (χ2v) is 6.50. The lowest BCUT2D eigenvalue weighted by Crippen LogP contribution is -2.50. The largest absolute Gasteiger partial charge is 0.378 e. The normalized spacial score (nSPS) is 13.9. The molecule has 1 aliphatic heterocycles. The highest BCUT2D eigenvalue weighted by Crippen LogP contribution is 2.21. The average molecular weight is 349 g/mol. The maximum atomic E-state index is 12.4. The minimum absolute atomic E-state index is 0.0997. The van der Waals surface area contributed by atoms with E-state index in [0.717, 1.165) is 13.1 Å². The summed E-state index contributed by atoms with van der Waals surface area (Å²) in [4.78, 5) is 18.6. The Hall–Kier alpha value is -3.20. The predicted octanol–water partition coefficient (Wildman–Crippen LogP) is 2.98. The first-order chi connectivity index (χ1) is 12.6. The van der Waals surface area contributed by atoms with Crippen molar-refractivity contribution < 1.29 is 4.79 Å². The van der Waals surface area contributed by atoms with Crippen LogP contribution < -0.4 is 15.1 Å². The number of carbonyl (C=O) groups is 1. The molecular formula is C20H23N5O. The van der Waals surface area contributed by atoms with Gasteiger partial charge in [-0.05, 0) is 48.5 Å². The quantitative estimate of drug-likeness (QED) is 0.925. The van der Waals surface area contributed by atoms with Crippen LogP contribution in [0.4, 0.5) is 21.9 Å². The second kappa shape index (κ2) is 7.79. The number of nitrogens with zero attached hydrogens (tertiary/aromatic N) is 4. The van der Waals surface area contributed by atoms with Gasteiger partial charge in [0.15, 0.2) is 0 Å². The summed E-state index contributed by atoms with van der Waals surface area (Å²) in [7, 11) is 4.06. The van der Waals surface area contributed by atoms with Crippen LogP contribution in [0.3, 0.4) is 0 Å². The van der Waals surface area contributed by atoms with E-state index >= 15 is 0 Å². The summed E-state index contributed by atoms with van der Waals surface area (Å²) in [6.07, 6.45) is 0. The van der Waals surface area contributed by atoms with Gasteiger partial charge in [0.2, 0.25) is 0 Å². The summed E-state index contributed by atoms with van der Waals surface area (Å²) < 4.78 is 0. The molecule has 0 bridgehead atoms. The molecule has 26 heavy (non-hydrogen) atoms. The molecule has 0 saturated carbocycles. The lowest BCUT2D eigenvalue weighted by molar-refractivity contribution is 0.208. The molecule has 1 heterocycles. The van der Waals surface area contributed by atoms with Gasteiger partial charge >= 0.3 is 6.03 Å². The zero-order valence-electron chi connectivity index (χ0n) is 15.1. The molecule has 1 N–H and O–H groups in total. The van der Waals surface area contributed by atoms with E-state index in [4.69, 9.17) is 5.26 Å². The lowest BCUT2D eigenvalue weighted by Gasteiger charge is -2.36. The van der Waals surface area contributed by atoms with Gasteiger partial charge in [-0.25, -0.2) is 4.79 Å². The molecule has 0 atom stereocenters. The number of carbonyl (C=O) groups excluding carboxylic acids is 1. The fraction of sp³-hybridized carbons (Fsp3) is 0.300. The maximum absolute atomic E-state index is 12.4. The van der Waals surface area contributed by atoms with Gasteiger partial charge in [0, 0.05) is 57.3 Å². The monoisotopic (exact) mass is 349 g/mol. The van der Waals surface area contributed by atoms with Crippen molar-refractivity contribution in [3.8, 4) is 6.07 Å². The molecular weight excluding hydrogens is 326 g/mol. The predicted molar refractivity (Wildman–Crippen MR) is 105 cm³/mol. The van der Waals surface area contributed by atoms with E-state index < -0.39 is 0 Å². The van der Waals surface area contributed by atoms with E-state index in [1.54, 1.807) is 24.3 Å². The van der Waals surface area contributed by atoms with Crippen LogP contribution in [-0.4, -0.2) is 51.2 Å².